The predicted octanol–water partition coefficient (Wildman–Crippen LogP) is 0.600. The van der Waals surface area contributed by atoms with Gasteiger partial charge in [-0.2, -0.15) is 5.26 Å². The molecule has 0 bridgehead atoms. The number of hydrogen-bond acceptors (Lipinski definition) is 4. The van der Waals surface area contributed by atoms with E-state index in [4.69, 9.17) is 10.00 Å². The van der Waals surface area contributed by atoms with Crippen LogP contribution in [0.4, 0.5) is 0 Å². The maximum absolute atomic E-state index is 8.89. The van der Waals surface area contributed by atoms with Gasteiger partial charge in [0.2, 0.25) is 0 Å². The summed E-state index contributed by atoms with van der Waals surface area (Å²) in [6.07, 6.45) is 2.02. The summed E-state index contributed by atoms with van der Waals surface area (Å²) in [4.78, 5) is 2.38. The average molecular weight is 211 g/mol. The Labute approximate surface area is 92.2 Å². The van der Waals surface area contributed by atoms with Crippen molar-refractivity contribution in [2.24, 2.45) is 0 Å². The van der Waals surface area contributed by atoms with E-state index in [1.54, 1.807) is 0 Å². The predicted molar refractivity (Wildman–Crippen MR) is 59.6 cm³/mol. The van der Waals surface area contributed by atoms with Crippen LogP contribution in [0.25, 0.3) is 0 Å². The Morgan fingerprint density at radius 2 is 2.33 bits per heavy atom. The van der Waals surface area contributed by atoms with Crippen LogP contribution < -0.4 is 5.32 Å². The lowest BCUT2D eigenvalue weighted by Crippen LogP contribution is -2.34. The van der Waals surface area contributed by atoms with Crippen molar-refractivity contribution in [3.05, 3.63) is 0 Å². The number of nitrogens with zero attached hydrogens (tertiary/aromatic N) is 2. The van der Waals surface area contributed by atoms with E-state index in [0.29, 0.717) is 0 Å². The molecule has 1 aliphatic heterocycles. The van der Waals surface area contributed by atoms with Crippen LogP contribution >= 0.6 is 0 Å². The van der Waals surface area contributed by atoms with Gasteiger partial charge < -0.3 is 15.0 Å². The second-order valence-electron chi connectivity index (χ2n) is 3.84. The Morgan fingerprint density at radius 1 is 1.47 bits per heavy atom. The highest BCUT2D eigenvalue weighted by Gasteiger charge is 2.11. The zero-order chi connectivity index (χ0) is 10.9. The van der Waals surface area contributed by atoms with Crippen LogP contribution in [0, 0.1) is 11.3 Å². The van der Waals surface area contributed by atoms with Crippen molar-refractivity contribution in [1.29, 1.82) is 5.26 Å². The standard InChI is InChI=1S/C11H21N3O/c1-2-13-11(10-12)4-6-14-5-3-8-15-9-7-14/h11,13H,2-9H2,1H3. The third-order valence-corrected chi connectivity index (χ3v) is 2.66. The van der Waals surface area contributed by atoms with Crippen LogP contribution in [-0.4, -0.2) is 50.3 Å². The zero-order valence-electron chi connectivity index (χ0n) is 9.54. The minimum absolute atomic E-state index is 0.000767. The van der Waals surface area contributed by atoms with Crippen molar-refractivity contribution in [3.8, 4) is 6.07 Å². The fourth-order valence-corrected chi connectivity index (χ4v) is 1.79. The van der Waals surface area contributed by atoms with Gasteiger partial charge in [0.25, 0.3) is 0 Å². The van der Waals surface area contributed by atoms with E-state index in [1.165, 1.54) is 0 Å². The smallest absolute Gasteiger partial charge is 0.0965 e. The highest BCUT2D eigenvalue weighted by Crippen LogP contribution is 2.01. The van der Waals surface area contributed by atoms with E-state index in [2.05, 4.69) is 16.3 Å². The highest BCUT2D eigenvalue weighted by molar-refractivity contribution is 4.89. The van der Waals surface area contributed by atoms with Crippen molar-refractivity contribution in [1.82, 2.24) is 10.2 Å². The maximum Gasteiger partial charge on any atom is 0.0965 e. The summed E-state index contributed by atoms with van der Waals surface area (Å²) in [6, 6.07) is 2.29. The molecule has 1 saturated heterocycles. The fourth-order valence-electron chi connectivity index (χ4n) is 1.79. The molecular weight excluding hydrogens is 190 g/mol. The van der Waals surface area contributed by atoms with Crippen LogP contribution in [0.5, 0.6) is 0 Å². The molecule has 1 heterocycles. The Hall–Kier alpha value is -0.630. The average Bonchev–Trinajstić information content (AvgIpc) is 2.52. The van der Waals surface area contributed by atoms with E-state index in [0.717, 1.165) is 52.2 Å². The fraction of sp³-hybridized carbons (Fsp3) is 0.909. The third-order valence-electron chi connectivity index (χ3n) is 2.66. The molecule has 1 N–H and O–H groups in total. The molecule has 4 heteroatoms. The van der Waals surface area contributed by atoms with Gasteiger partial charge in [-0.1, -0.05) is 6.92 Å². The summed E-state index contributed by atoms with van der Waals surface area (Å²) < 4.78 is 5.38. The second kappa shape index (κ2) is 7.63. The Kier molecular flexibility index (Phi) is 6.33. The summed E-state index contributed by atoms with van der Waals surface area (Å²) in [7, 11) is 0. The molecule has 0 amide bonds. The number of nitrogens with one attached hydrogen (secondary N) is 1. The minimum atomic E-state index is -0.000767. The highest BCUT2D eigenvalue weighted by atomic mass is 16.5. The molecule has 4 nitrogen and oxygen atoms in total. The van der Waals surface area contributed by atoms with E-state index in [1.807, 2.05) is 6.92 Å². The second-order valence-corrected chi connectivity index (χ2v) is 3.84. The van der Waals surface area contributed by atoms with Gasteiger partial charge in [-0.05, 0) is 19.4 Å². The van der Waals surface area contributed by atoms with E-state index in [-0.39, 0.29) is 6.04 Å². The van der Waals surface area contributed by atoms with Crippen LogP contribution in [0.2, 0.25) is 0 Å². The van der Waals surface area contributed by atoms with Crippen molar-refractivity contribution < 1.29 is 4.74 Å². The molecular formula is C11H21N3O. The molecule has 1 atom stereocenters. The van der Waals surface area contributed by atoms with Crippen molar-refractivity contribution in [3.63, 3.8) is 0 Å². The van der Waals surface area contributed by atoms with Crippen molar-refractivity contribution in [2.45, 2.75) is 25.8 Å². The summed E-state index contributed by atoms with van der Waals surface area (Å²) in [5.41, 5.74) is 0. The molecule has 0 aliphatic carbocycles. The number of nitriles is 1. The molecule has 0 saturated carbocycles. The molecule has 1 rings (SSSR count). The lowest BCUT2D eigenvalue weighted by atomic mass is 10.2. The molecule has 0 aromatic heterocycles. The third kappa shape index (κ3) is 5.12. The van der Waals surface area contributed by atoms with Gasteiger partial charge in [0.15, 0.2) is 0 Å². The summed E-state index contributed by atoms with van der Waals surface area (Å²) in [5.74, 6) is 0. The molecule has 15 heavy (non-hydrogen) atoms. The maximum atomic E-state index is 8.89. The first kappa shape index (κ1) is 12.4. The molecule has 0 radical (unpaired) electrons. The summed E-state index contributed by atoms with van der Waals surface area (Å²) in [6.45, 7) is 7.71. The normalized spacial score (nSPS) is 20.5. The molecule has 0 aromatic carbocycles. The first-order chi connectivity index (χ1) is 7.36. The molecule has 1 fully saturated rings. The Morgan fingerprint density at radius 3 is 3.07 bits per heavy atom. The van der Waals surface area contributed by atoms with Crippen molar-refractivity contribution >= 4 is 0 Å². The summed E-state index contributed by atoms with van der Waals surface area (Å²) in [5, 5.41) is 12.1. The monoisotopic (exact) mass is 211 g/mol. The van der Waals surface area contributed by atoms with Gasteiger partial charge >= 0.3 is 0 Å². The summed E-state index contributed by atoms with van der Waals surface area (Å²) >= 11 is 0. The van der Waals surface area contributed by atoms with Gasteiger partial charge in [-0.15, -0.1) is 0 Å². The van der Waals surface area contributed by atoms with E-state index < -0.39 is 0 Å². The number of ether oxygens (including phenoxy) is 1. The Balaban J connectivity index is 2.19. The zero-order valence-corrected chi connectivity index (χ0v) is 9.54. The lowest BCUT2D eigenvalue weighted by molar-refractivity contribution is 0.141. The minimum Gasteiger partial charge on any atom is -0.380 e. The number of rotatable bonds is 5. The first-order valence-corrected chi connectivity index (χ1v) is 5.80. The number of hydrogen-bond donors (Lipinski definition) is 1. The largest absolute Gasteiger partial charge is 0.380 e. The SMILES string of the molecule is CCNC(C#N)CCN1CCCOCC1. The first-order valence-electron chi connectivity index (χ1n) is 5.80. The molecule has 1 unspecified atom stereocenters. The van der Waals surface area contributed by atoms with Crippen LogP contribution in [0.3, 0.4) is 0 Å². The molecule has 0 aromatic rings. The van der Waals surface area contributed by atoms with E-state index in [9.17, 15) is 0 Å². The van der Waals surface area contributed by atoms with Crippen LogP contribution in [0.1, 0.15) is 19.8 Å². The van der Waals surface area contributed by atoms with Crippen LogP contribution in [0.15, 0.2) is 0 Å². The molecule has 86 valence electrons. The van der Waals surface area contributed by atoms with Gasteiger partial charge in [-0.3, -0.25) is 0 Å². The Bertz CT molecular complexity index is 194. The quantitative estimate of drug-likeness (QED) is 0.723. The van der Waals surface area contributed by atoms with Crippen LogP contribution in [-0.2, 0) is 4.74 Å². The molecule has 0 spiro atoms. The molecule has 1 aliphatic rings. The van der Waals surface area contributed by atoms with Gasteiger partial charge in [0.05, 0.1) is 18.7 Å². The van der Waals surface area contributed by atoms with Gasteiger partial charge in [-0.25, -0.2) is 0 Å². The van der Waals surface area contributed by atoms with Gasteiger partial charge in [0.1, 0.15) is 0 Å². The lowest BCUT2D eigenvalue weighted by Gasteiger charge is -2.20. The topological polar surface area (TPSA) is 48.3 Å². The van der Waals surface area contributed by atoms with Gasteiger partial charge in [0, 0.05) is 26.2 Å². The van der Waals surface area contributed by atoms with E-state index >= 15 is 0 Å². The van der Waals surface area contributed by atoms with Crippen molar-refractivity contribution in [2.75, 3.05) is 39.4 Å².